The molecule has 0 spiro atoms. The van der Waals surface area contributed by atoms with Crippen molar-refractivity contribution in [3.05, 3.63) is 41.6 Å². The Morgan fingerprint density at radius 2 is 2.14 bits per heavy atom. The molecule has 0 amide bonds. The maximum Gasteiger partial charge on any atom is 0.244 e. The summed E-state index contributed by atoms with van der Waals surface area (Å²) >= 11 is 0. The van der Waals surface area contributed by atoms with Crippen LogP contribution in [0.2, 0.25) is 0 Å². The summed E-state index contributed by atoms with van der Waals surface area (Å²) in [5, 5.41) is 10.4. The predicted molar refractivity (Wildman–Crippen MR) is 81.2 cm³/mol. The molecule has 3 rings (SSSR count). The van der Waals surface area contributed by atoms with Gasteiger partial charge in [0.2, 0.25) is 5.95 Å². The molecule has 7 heteroatoms. The summed E-state index contributed by atoms with van der Waals surface area (Å²) in [4.78, 5) is 10.6. The first kappa shape index (κ1) is 13.6. The van der Waals surface area contributed by atoms with E-state index in [1.54, 1.807) is 0 Å². The molecule has 0 radical (unpaired) electrons. The van der Waals surface area contributed by atoms with Crippen molar-refractivity contribution >= 4 is 11.6 Å². The second-order valence-electron chi connectivity index (χ2n) is 5.26. The van der Waals surface area contributed by atoms with E-state index in [9.17, 15) is 0 Å². The first-order valence-electron chi connectivity index (χ1n) is 6.85. The lowest BCUT2D eigenvalue weighted by Crippen LogP contribution is -2.15. The fourth-order valence-corrected chi connectivity index (χ4v) is 2.14. The van der Waals surface area contributed by atoms with Gasteiger partial charge in [0, 0.05) is 26.8 Å². The number of anilines is 1. The molecule has 0 bridgehead atoms. The molecule has 0 saturated carbocycles. The quantitative estimate of drug-likeness (QED) is 0.735. The van der Waals surface area contributed by atoms with Gasteiger partial charge in [0.05, 0.1) is 18.4 Å². The number of aromatic nitrogens is 5. The van der Waals surface area contributed by atoms with Crippen LogP contribution in [0.1, 0.15) is 17.1 Å². The molecular weight excluding hydrogens is 266 g/mol. The Kier molecular flexibility index (Phi) is 3.57. The molecule has 0 unspecified atom stereocenters. The smallest absolute Gasteiger partial charge is 0.244 e. The number of hydrogen-bond acceptors (Lipinski definition) is 5. The van der Waals surface area contributed by atoms with E-state index in [-0.39, 0.29) is 0 Å². The molecule has 0 saturated heterocycles. The van der Waals surface area contributed by atoms with Crippen molar-refractivity contribution in [2.24, 2.45) is 0 Å². The highest BCUT2D eigenvalue weighted by Gasteiger charge is 2.06. The number of H-pyrrole nitrogens is 1. The fourth-order valence-electron chi connectivity index (χ4n) is 2.14. The number of pyridine rings is 1. The summed E-state index contributed by atoms with van der Waals surface area (Å²) in [5.41, 5.74) is 3.31. The van der Waals surface area contributed by atoms with Crippen molar-refractivity contribution in [1.82, 2.24) is 29.9 Å². The highest BCUT2D eigenvalue weighted by atomic mass is 15.3. The first-order valence-corrected chi connectivity index (χ1v) is 6.85. The third kappa shape index (κ3) is 2.87. The van der Waals surface area contributed by atoms with Gasteiger partial charge in [0.1, 0.15) is 11.5 Å². The van der Waals surface area contributed by atoms with Crippen LogP contribution >= 0.6 is 0 Å². The highest BCUT2D eigenvalue weighted by molar-refractivity contribution is 5.41. The van der Waals surface area contributed by atoms with E-state index in [1.807, 2.05) is 31.3 Å². The van der Waals surface area contributed by atoms with Gasteiger partial charge in [0.15, 0.2) is 0 Å². The van der Waals surface area contributed by atoms with E-state index < -0.39 is 0 Å². The molecule has 3 heterocycles. The van der Waals surface area contributed by atoms with Crippen LogP contribution in [0.3, 0.4) is 0 Å². The van der Waals surface area contributed by atoms with Gasteiger partial charge in [-0.15, -0.1) is 5.10 Å². The van der Waals surface area contributed by atoms with E-state index in [4.69, 9.17) is 0 Å². The summed E-state index contributed by atoms with van der Waals surface area (Å²) in [6, 6.07) is 4.09. The minimum absolute atomic E-state index is 0.639. The molecule has 7 nitrogen and oxygen atoms in total. The monoisotopic (exact) mass is 285 g/mol. The van der Waals surface area contributed by atoms with Gasteiger partial charge in [-0.1, -0.05) is 6.07 Å². The Bertz CT molecular complexity index is 741. The Balaban J connectivity index is 1.65. The normalized spacial score (nSPS) is 11.2. The third-order valence-electron chi connectivity index (χ3n) is 3.25. The molecule has 3 aromatic heterocycles. The van der Waals surface area contributed by atoms with Crippen LogP contribution in [-0.4, -0.2) is 38.7 Å². The number of fused-ring (bicyclic) bond motifs is 1. The van der Waals surface area contributed by atoms with Crippen molar-refractivity contribution in [2.45, 2.75) is 20.0 Å². The van der Waals surface area contributed by atoms with Gasteiger partial charge in [-0.25, -0.2) is 4.98 Å². The van der Waals surface area contributed by atoms with E-state index in [0.717, 1.165) is 23.7 Å². The molecule has 0 aromatic carbocycles. The standard InChI is InChI=1S/C14H19N7/c1-10-4-5-13-16-7-11(21(13)9-10)6-15-8-12-17-14(19-18-12)20(2)3/h4-5,7,9,15H,6,8H2,1-3H3,(H,17,18,19). The zero-order valence-electron chi connectivity index (χ0n) is 12.5. The Morgan fingerprint density at radius 3 is 2.90 bits per heavy atom. The molecule has 21 heavy (non-hydrogen) atoms. The number of imidazole rings is 1. The zero-order chi connectivity index (χ0) is 14.8. The minimum Gasteiger partial charge on any atom is -0.346 e. The molecule has 3 aromatic rings. The van der Waals surface area contributed by atoms with Gasteiger partial charge >= 0.3 is 0 Å². The maximum absolute atomic E-state index is 4.39. The van der Waals surface area contributed by atoms with Crippen molar-refractivity contribution in [3.63, 3.8) is 0 Å². The zero-order valence-corrected chi connectivity index (χ0v) is 12.5. The maximum atomic E-state index is 4.39. The van der Waals surface area contributed by atoms with E-state index in [0.29, 0.717) is 12.5 Å². The van der Waals surface area contributed by atoms with Crippen molar-refractivity contribution in [1.29, 1.82) is 0 Å². The average Bonchev–Trinajstić information content (AvgIpc) is 3.06. The first-order chi connectivity index (χ1) is 10.1. The van der Waals surface area contributed by atoms with Crippen molar-refractivity contribution in [2.75, 3.05) is 19.0 Å². The number of nitrogens with zero attached hydrogens (tertiary/aromatic N) is 5. The molecule has 0 fully saturated rings. The van der Waals surface area contributed by atoms with Crippen molar-refractivity contribution in [3.8, 4) is 0 Å². The van der Waals surface area contributed by atoms with Crippen molar-refractivity contribution < 1.29 is 0 Å². The van der Waals surface area contributed by atoms with Gasteiger partial charge in [-0.3, -0.25) is 5.10 Å². The lowest BCUT2D eigenvalue weighted by Gasteiger charge is -2.05. The predicted octanol–water partition coefficient (Wildman–Crippen LogP) is 1.12. The number of nitrogens with one attached hydrogen (secondary N) is 2. The average molecular weight is 285 g/mol. The van der Waals surface area contributed by atoms with Crippen LogP contribution in [0, 0.1) is 6.92 Å². The van der Waals surface area contributed by atoms with Crippen LogP contribution in [-0.2, 0) is 13.1 Å². The van der Waals surface area contributed by atoms with Crippen LogP contribution in [0.5, 0.6) is 0 Å². The van der Waals surface area contributed by atoms with E-state index in [1.165, 1.54) is 5.56 Å². The second kappa shape index (κ2) is 5.53. The highest BCUT2D eigenvalue weighted by Crippen LogP contribution is 2.09. The Hall–Kier alpha value is -2.41. The third-order valence-corrected chi connectivity index (χ3v) is 3.25. The molecule has 110 valence electrons. The van der Waals surface area contributed by atoms with Gasteiger partial charge in [-0.05, 0) is 18.6 Å². The van der Waals surface area contributed by atoms with Crippen LogP contribution in [0.25, 0.3) is 5.65 Å². The fraction of sp³-hybridized carbons (Fsp3) is 0.357. The van der Waals surface area contributed by atoms with Gasteiger partial charge in [-0.2, -0.15) is 4.98 Å². The molecule has 0 aliphatic carbocycles. The lowest BCUT2D eigenvalue weighted by atomic mass is 10.3. The van der Waals surface area contributed by atoms with E-state index >= 15 is 0 Å². The van der Waals surface area contributed by atoms with Crippen LogP contribution in [0.15, 0.2) is 24.5 Å². The summed E-state index contributed by atoms with van der Waals surface area (Å²) < 4.78 is 2.11. The second-order valence-corrected chi connectivity index (χ2v) is 5.26. The summed E-state index contributed by atoms with van der Waals surface area (Å²) in [7, 11) is 3.84. The molecule has 0 atom stereocenters. The van der Waals surface area contributed by atoms with Crippen LogP contribution in [0.4, 0.5) is 5.95 Å². The number of aromatic amines is 1. The largest absolute Gasteiger partial charge is 0.346 e. The van der Waals surface area contributed by atoms with Crippen LogP contribution < -0.4 is 10.2 Å². The molecular formula is C14H19N7. The topological polar surface area (TPSA) is 74.1 Å². The van der Waals surface area contributed by atoms with E-state index in [2.05, 4.69) is 49.1 Å². The number of aryl methyl sites for hydroxylation is 1. The molecule has 0 aliphatic heterocycles. The Morgan fingerprint density at radius 1 is 1.29 bits per heavy atom. The number of rotatable bonds is 5. The van der Waals surface area contributed by atoms with Gasteiger partial charge in [0.25, 0.3) is 0 Å². The molecule has 2 N–H and O–H groups in total. The summed E-state index contributed by atoms with van der Waals surface area (Å²) in [6.07, 6.45) is 3.99. The SMILES string of the molecule is Cc1ccc2ncc(CNCc3nc(N(C)C)n[nH]3)n2c1. The minimum atomic E-state index is 0.639. The summed E-state index contributed by atoms with van der Waals surface area (Å²) in [6.45, 7) is 3.44. The molecule has 0 aliphatic rings. The lowest BCUT2D eigenvalue weighted by molar-refractivity contribution is 0.650. The van der Waals surface area contributed by atoms with Gasteiger partial charge < -0.3 is 14.6 Å². The summed E-state index contributed by atoms with van der Waals surface area (Å²) in [5.74, 6) is 1.51. The Labute approximate surface area is 123 Å². The number of hydrogen-bond donors (Lipinski definition) is 2.